The molecule has 2 saturated heterocycles. The summed E-state index contributed by atoms with van der Waals surface area (Å²) < 4.78 is 14.5. The van der Waals surface area contributed by atoms with E-state index < -0.39 is 16.6 Å². The summed E-state index contributed by atoms with van der Waals surface area (Å²) in [4.78, 5) is 2.90. The van der Waals surface area contributed by atoms with Crippen molar-refractivity contribution in [1.82, 2.24) is 4.90 Å². The SMILES string of the molecule is CCCCCCC(C/C=C/[C@@H]1CCC[C@H]2CC[C@@H](O[Si](C(C)C)(C(C)C)C(C)C)[C@H](C)N21)O[Si](CC)(CC)CC. The fourth-order valence-electron chi connectivity index (χ4n) is 8.64. The molecule has 0 aliphatic carbocycles. The lowest BCUT2D eigenvalue weighted by Gasteiger charge is -2.54. The molecule has 2 aliphatic rings. The molecule has 236 valence electrons. The molecule has 2 heterocycles. The van der Waals surface area contributed by atoms with Crippen LogP contribution in [-0.2, 0) is 8.85 Å². The van der Waals surface area contributed by atoms with E-state index in [1.165, 1.54) is 82.3 Å². The minimum Gasteiger partial charge on any atom is -0.414 e. The summed E-state index contributed by atoms with van der Waals surface area (Å²) in [5.74, 6) is 0. The van der Waals surface area contributed by atoms with Gasteiger partial charge in [-0.2, -0.15) is 0 Å². The lowest BCUT2D eigenvalue weighted by molar-refractivity contribution is -0.0419. The van der Waals surface area contributed by atoms with Crippen LogP contribution < -0.4 is 0 Å². The fourth-order valence-corrected chi connectivity index (χ4v) is 17.2. The molecule has 0 N–H and O–H groups in total. The van der Waals surface area contributed by atoms with Gasteiger partial charge < -0.3 is 8.85 Å². The van der Waals surface area contributed by atoms with Crippen LogP contribution in [0.2, 0.25) is 34.8 Å². The van der Waals surface area contributed by atoms with Gasteiger partial charge in [-0.3, -0.25) is 4.90 Å². The van der Waals surface area contributed by atoms with Gasteiger partial charge in [-0.15, -0.1) is 0 Å². The third-order valence-electron chi connectivity index (χ3n) is 11.2. The van der Waals surface area contributed by atoms with Gasteiger partial charge in [0.1, 0.15) is 0 Å². The molecule has 0 spiro atoms. The van der Waals surface area contributed by atoms with E-state index in [0.29, 0.717) is 40.9 Å². The molecule has 0 aromatic heterocycles. The predicted octanol–water partition coefficient (Wildman–Crippen LogP) is 11.3. The van der Waals surface area contributed by atoms with Crippen LogP contribution in [-0.4, -0.2) is 51.9 Å². The van der Waals surface area contributed by atoms with Crippen LogP contribution in [0.5, 0.6) is 0 Å². The van der Waals surface area contributed by atoms with E-state index in [4.69, 9.17) is 8.85 Å². The van der Waals surface area contributed by atoms with Crippen molar-refractivity contribution >= 4 is 16.6 Å². The maximum absolute atomic E-state index is 7.43. The summed E-state index contributed by atoms with van der Waals surface area (Å²) in [5, 5.41) is 0. The van der Waals surface area contributed by atoms with Crippen molar-refractivity contribution in [3.8, 4) is 0 Å². The van der Waals surface area contributed by atoms with Crippen LogP contribution in [0.3, 0.4) is 0 Å². The molecule has 2 fully saturated rings. The van der Waals surface area contributed by atoms with E-state index in [9.17, 15) is 0 Å². The molecular weight excluding hydrogens is 523 g/mol. The van der Waals surface area contributed by atoms with Crippen molar-refractivity contribution in [2.75, 3.05) is 0 Å². The van der Waals surface area contributed by atoms with E-state index >= 15 is 0 Å². The highest BCUT2D eigenvalue weighted by molar-refractivity contribution is 6.77. The topological polar surface area (TPSA) is 21.7 Å². The Balaban J connectivity index is 2.18. The van der Waals surface area contributed by atoms with Crippen LogP contribution >= 0.6 is 0 Å². The van der Waals surface area contributed by atoms with Crippen molar-refractivity contribution in [3.05, 3.63) is 12.2 Å². The largest absolute Gasteiger partial charge is 0.414 e. The Morgan fingerprint density at radius 3 is 1.98 bits per heavy atom. The zero-order chi connectivity index (χ0) is 29.9. The van der Waals surface area contributed by atoms with Gasteiger partial charge in [0.05, 0.1) is 6.10 Å². The third kappa shape index (κ3) is 9.03. The zero-order valence-electron chi connectivity index (χ0n) is 28.9. The molecule has 40 heavy (non-hydrogen) atoms. The molecule has 2 rings (SSSR count). The molecule has 0 aromatic carbocycles. The van der Waals surface area contributed by atoms with Gasteiger partial charge in [-0.1, -0.05) is 113 Å². The Labute approximate surface area is 253 Å². The van der Waals surface area contributed by atoms with Gasteiger partial charge in [0, 0.05) is 24.2 Å². The summed E-state index contributed by atoms with van der Waals surface area (Å²) in [7, 11) is -3.48. The maximum atomic E-state index is 7.43. The number of hydrogen-bond donors (Lipinski definition) is 0. The Bertz CT molecular complexity index is 690. The van der Waals surface area contributed by atoms with E-state index in [-0.39, 0.29) is 0 Å². The monoisotopic (exact) mass is 594 g/mol. The first-order chi connectivity index (χ1) is 19.0. The Morgan fingerprint density at radius 1 is 0.800 bits per heavy atom. The Morgan fingerprint density at radius 2 is 1.43 bits per heavy atom. The van der Waals surface area contributed by atoms with Gasteiger partial charge in [0.15, 0.2) is 8.32 Å². The first-order valence-electron chi connectivity index (χ1n) is 17.8. The third-order valence-corrected chi connectivity index (χ3v) is 22.0. The van der Waals surface area contributed by atoms with Gasteiger partial charge in [0.25, 0.3) is 0 Å². The summed E-state index contributed by atoms with van der Waals surface area (Å²) in [6.07, 6.45) is 20.1. The molecule has 0 aromatic rings. The van der Waals surface area contributed by atoms with Gasteiger partial charge in [0.2, 0.25) is 8.32 Å². The molecular formula is C35H71NO2Si2. The number of rotatable bonds is 18. The molecule has 1 unspecified atom stereocenters. The highest BCUT2D eigenvalue weighted by atomic mass is 28.4. The summed E-state index contributed by atoms with van der Waals surface area (Å²) >= 11 is 0. The van der Waals surface area contributed by atoms with Crippen LogP contribution in [0.1, 0.15) is 147 Å². The fraction of sp³-hybridized carbons (Fsp3) is 0.943. The van der Waals surface area contributed by atoms with Crippen molar-refractivity contribution in [3.63, 3.8) is 0 Å². The van der Waals surface area contributed by atoms with Crippen molar-refractivity contribution in [1.29, 1.82) is 0 Å². The summed E-state index contributed by atoms with van der Waals surface area (Å²) in [5.41, 5.74) is 1.94. The van der Waals surface area contributed by atoms with E-state index in [1.54, 1.807) is 0 Å². The predicted molar refractivity (Wildman–Crippen MR) is 182 cm³/mol. The number of unbranched alkanes of at least 4 members (excludes halogenated alkanes) is 3. The maximum Gasteiger partial charge on any atom is 0.200 e. The highest BCUT2D eigenvalue weighted by Gasteiger charge is 2.49. The average molecular weight is 594 g/mol. The second-order valence-electron chi connectivity index (χ2n) is 14.4. The lowest BCUT2D eigenvalue weighted by atomic mass is 9.84. The highest BCUT2D eigenvalue weighted by Crippen LogP contribution is 2.46. The smallest absolute Gasteiger partial charge is 0.200 e. The number of fused-ring (bicyclic) bond motifs is 1. The van der Waals surface area contributed by atoms with Crippen LogP contribution in [0.25, 0.3) is 0 Å². The van der Waals surface area contributed by atoms with E-state index in [0.717, 1.165) is 12.5 Å². The second kappa shape index (κ2) is 17.4. The minimum absolute atomic E-state index is 0.379. The standard InChI is InChI=1S/C35H71NO2Si2/c1-12-16-17-18-24-34(37-39(13-2,14-3)15-4)25-20-23-32-21-19-22-33-26-27-35(31(11)36(32)33)38-40(28(5)6,29(7)8)30(9)10/h20,23,28-35H,12-19,21-22,24-27H2,1-11H3/b23-20+/t31-,32-,33-,34?,35+/m0/s1. The van der Waals surface area contributed by atoms with Crippen molar-refractivity contribution in [2.24, 2.45) is 0 Å². The Kier molecular flexibility index (Phi) is 15.7. The number of piperidine rings is 2. The Hall–Kier alpha value is 0.0538. The van der Waals surface area contributed by atoms with Gasteiger partial charge >= 0.3 is 0 Å². The molecule has 5 atom stereocenters. The quantitative estimate of drug-likeness (QED) is 0.0896. The van der Waals surface area contributed by atoms with Crippen molar-refractivity contribution in [2.45, 2.75) is 212 Å². The molecule has 0 radical (unpaired) electrons. The molecule has 5 heteroatoms. The van der Waals surface area contributed by atoms with E-state index in [2.05, 4.69) is 93.2 Å². The lowest BCUT2D eigenvalue weighted by Crippen LogP contribution is -2.61. The van der Waals surface area contributed by atoms with Gasteiger partial charge in [-0.25, -0.2) is 0 Å². The molecule has 3 nitrogen and oxygen atoms in total. The number of hydrogen-bond acceptors (Lipinski definition) is 3. The van der Waals surface area contributed by atoms with Gasteiger partial charge in [-0.05, 0) is 80.2 Å². The second-order valence-corrected chi connectivity index (χ2v) is 24.5. The molecule has 0 bridgehead atoms. The first-order valence-corrected chi connectivity index (χ1v) is 22.5. The summed E-state index contributed by atoms with van der Waals surface area (Å²) in [6, 6.07) is 5.53. The van der Waals surface area contributed by atoms with Crippen LogP contribution in [0.15, 0.2) is 12.2 Å². The zero-order valence-corrected chi connectivity index (χ0v) is 30.9. The summed E-state index contributed by atoms with van der Waals surface area (Å²) in [6.45, 7) is 26.5. The molecule has 0 saturated carbocycles. The molecule has 2 aliphatic heterocycles. The van der Waals surface area contributed by atoms with Crippen molar-refractivity contribution < 1.29 is 8.85 Å². The van der Waals surface area contributed by atoms with Crippen LogP contribution in [0.4, 0.5) is 0 Å². The average Bonchev–Trinajstić information content (AvgIpc) is 2.93. The normalized spacial score (nSPS) is 25.9. The van der Waals surface area contributed by atoms with Crippen LogP contribution in [0, 0.1) is 0 Å². The van der Waals surface area contributed by atoms with E-state index in [1.807, 2.05) is 0 Å². The number of nitrogens with zero attached hydrogens (tertiary/aromatic N) is 1. The minimum atomic E-state index is -1.89. The molecule has 0 amide bonds. The first kappa shape index (κ1) is 36.2.